The molecule has 148 valence electrons. The highest BCUT2D eigenvalue weighted by atomic mass is 32.1. The van der Waals surface area contributed by atoms with Crippen LogP contribution in [-0.4, -0.2) is 36.6 Å². The molecule has 0 fully saturated rings. The molecule has 5 nitrogen and oxygen atoms in total. The molecule has 0 bridgehead atoms. The number of likely N-dealkylation sites (N-methyl/N-ethyl adjacent to an activating group) is 1. The van der Waals surface area contributed by atoms with E-state index in [0.717, 1.165) is 27.8 Å². The smallest absolute Gasteiger partial charge is 0.253 e. The van der Waals surface area contributed by atoms with Gasteiger partial charge in [0.05, 0.1) is 18.2 Å². The number of hydrogen-bond acceptors (Lipinski definition) is 3. The molecular formula is C22H27N3O2S. The number of thiocarbonyl (C=S) groups is 1. The first kappa shape index (κ1) is 20.1. The van der Waals surface area contributed by atoms with E-state index in [2.05, 4.69) is 36.6 Å². The number of allylic oxidation sites excluding steroid dienone is 1. The molecule has 6 heteroatoms. The molecule has 1 amide bonds. The zero-order valence-electron chi connectivity index (χ0n) is 17.0. The van der Waals surface area contributed by atoms with Crippen LogP contribution in [0.1, 0.15) is 32.4 Å². The number of carbonyl (C=O) groups excluding carboxylic acids is 1. The first-order valence-electron chi connectivity index (χ1n) is 9.44. The minimum absolute atomic E-state index is 0.0470. The molecule has 0 spiro atoms. The van der Waals surface area contributed by atoms with Crippen molar-refractivity contribution in [1.82, 2.24) is 15.5 Å². The second-order valence-electron chi connectivity index (χ2n) is 7.67. The first-order chi connectivity index (χ1) is 13.3. The summed E-state index contributed by atoms with van der Waals surface area (Å²) in [6.07, 6.45) is 0. The van der Waals surface area contributed by atoms with E-state index in [9.17, 15) is 4.79 Å². The predicted octanol–water partition coefficient (Wildman–Crippen LogP) is 3.76. The molecule has 1 atom stereocenters. The molecule has 0 aliphatic carbocycles. The van der Waals surface area contributed by atoms with Crippen molar-refractivity contribution >= 4 is 34.0 Å². The summed E-state index contributed by atoms with van der Waals surface area (Å²) in [5, 5.41) is 8.96. The number of hydrogen-bond donors (Lipinski definition) is 2. The summed E-state index contributed by atoms with van der Waals surface area (Å²) in [7, 11) is 3.52. The van der Waals surface area contributed by atoms with Gasteiger partial charge in [-0.1, -0.05) is 44.2 Å². The number of nitrogens with zero attached hydrogens (tertiary/aromatic N) is 1. The average Bonchev–Trinajstić information content (AvgIpc) is 2.64. The monoisotopic (exact) mass is 397 g/mol. The largest absolute Gasteiger partial charge is 0.493 e. The molecule has 2 aromatic carbocycles. The number of amides is 1. The van der Waals surface area contributed by atoms with Crippen LogP contribution in [0.3, 0.4) is 0 Å². The van der Waals surface area contributed by atoms with Crippen LogP contribution in [0.25, 0.3) is 10.8 Å². The van der Waals surface area contributed by atoms with Gasteiger partial charge in [-0.2, -0.15) is 0 Å². The van der Waals surface area contributed by atoms with Crippen LogP contribution in [0.5, 0.6) is 5.75 Å². The lowest BCUT2D eigenvalue weighted by Crippen LogP contribution is -2.46. The Kier molecular flexibility index (Phi) is 5.89. The summed E-state index contributed by atoms with van der Waals surface area (Å²) in [6.45, 7) is 6.80. The summed E-state index contributed by atoms with van der Waals surface area (Å²) in [6, 6.07) is 11.8. The number of ether oxygens (including phenoxy) is 1. The van der Waals surface area contributed by atoms with Crippen LogP contribution >= 0.6 is 12.2 Å². The Morgan fingerprint density at radius 3 is 2.50 bits per heavy atom. The van der Waals surface area contributed by atoms with Crippen LogP contribution in [0.4, 0.5) is 0 Å². The standard InChI is InChI=1S/C22H27N3O2S/c1-13(2)12-27-18-11-10-17(15-8-6-7-9-16(15)18)20-19(21(26)25(4)5)14(3)23-22(28)24-20/h6-11,13,20H,12H2,1-5H3,(H2,23,24,28)/t20-/m0/s1. The number of rotatable bonds is 5. The molecule has 0 unspecified atom stereocenters. The molecule has 28 heavy (non-hydrogen) atoms. The van der Waals surface area contributed by atoms with Gasteiger partial charge in [0, 0.05) is 25.2 Å². The molecule has 2 N–H and O–H groups in total. The number of fused-ring (bicyclic) bond motifs is 1. The van der Waals surface area contributed by atoms with E-state index in [1.165, 1.54) is 0 Å². The fraction of sp³-hybridized carbons (Fsp3) is 0.364. The Morgan fingerprint density at radius 1 is 1.18 bits per heavy atom. The Bertz CT molecular complexity index is 950. The second-order valence-corrected chi connectivity index (χ2v) is 8.08. The van der Waals surface area contributed by atoms with Crippen molar-refractivity contribution in [2.75, 3.05) is 20.7 Å². The lowest BCUT2D eigenvalue weighted by Gasteiger charge is -2.32. The lowest BCUT2D eigenvalue weighted by molar-refractivity contribution is -0.125. The third-order valence-corrected chi connectivity index (χ3v) is 4.93. The van der Waals surface area contributed by atoms with Crippen LogP contribution in [0, 0.1) is 5.92 Å². The van der Waals surface area contributed by atoms with Gasteiger partial charge in [0.15, 0.2) is 5.11 Å². The SMILES string of the molecule is CC1=C(C(=O)N(C)C)[C@H](c2ccc(OCC(C)C)c3ccccc23)NC(=S)N1. The van der Waals surface area contributed by atoms with Gasteiger partial charge in [0.1, 0.15) is 5.75 Å². The van der Waals surface area contributed by atoms with Gasteiger partial charge in [-0.05, 0) is 42.1 Å². The van der Waals surface area contributed by atoms with Gasteiger partial charge in [0.25, 0.3) is 5.91 Å². The van der Waals surface area contributed by atoms with E-state index in [1.54, 1.807) is 19.0 Å². The average molecular weight is 398 g/mol. The maximum absolute atomic E-state index is 12.9. The molecule has 1 aliphatic rings. The molecule has 0 radical (unpaired) electrons. The highest BCUT2D eigenvalue weighted by molar-refractivity contribution is 7.80. The summed E-state index contributed by atoms with van der Waals surface area (Å²) in [5.74, 6) is 1.25. The maximum Gasteiger partial charge on any atom is 0.253 e. The fourth-order valence-electron chi connectivity index (χ4n) is 3.38. The Labute approximate surface area is 171 Å². The van der Waals surface area contributed by atoms with Gasteiger partial charge in [0.2, 0.25) is 0 Å². The van der Waals surface area contributed by atoms with Gasteiger partial charge < -0.3 is 20.3 Å². The van der Waals surface area contributed by atoms with Crippen LogP contribution in [-0.2, 0) is 4.79 Å². The Balaban J connectivity index is 2.14. The third-order valence-electron chi connectivity index (χ3n) is 4.71. The lowest BCUT2D eigenvalue weighted by atomic mass is 9.90. The van der Waals surface area contributed by atoms with Crippen molar-refractivity contribution in [3.8, 4) is 5.75 Å². The first-order valence-corrected chi connectivity index (χ1v) is 9.84. The van der Waals surface area contributed by atoms with E-state index in [0.29, 0.717) is 23.2 Å². The quantitative estimate of drug-likeness (QED) is 0.753. The molecule has 0 aromatic heterocycles. The molecular weight excluding hydrogens is 370 g/mol. The maximum atomic E-state index is 12.9. The van der Waals surface area contributed by atoms with Crippen molar-refractivity contribution in [3.63, 3.8) is 0 Å². The topological polar surface area (TPSA) is 53.6 Å². The second kappa shape index (κ2) is 8.19. The molecule has 0 saturated carbocycles. The summed E-state index contributed by atoms with van der Waals surface area (Å²) in [5.41, 5.74) is 2.44. The molecule has 1 aliphatic heterocycles. The van der Waals surface area contributed by atoms with Crippen molar-refractivity contribution in [3.05, 3.63) is 53.2 Å². The van der Waals surface area contributed by atoms with Gasteiger partial charge in [-0.3, -0.25) is 4.79 Å². The van der Waals surface area contributed by atoms with Gasteiger partial charge in [-0.15, -0.1) is 0 Å². The predicted molar refractivity (Wildman–Crippen MR) is 117 cm³/mol. The summed E-state index contributed by atoms with van der Waals surface area (Å²) in [4.78, 5) is 14.5. The number of nitrogens with one attached hydrogen (secondary N) is 2. The van der Waals surface area contributed by atoms with Crippen LogP contribution in [0.15, 0.2) is 47.7 Å². The fourth-order valence-corrected chi connectivity index (χ4v) is 3.65. The number of carbonyl (C=O) groups is 1. The third kappa shape index (κ3) is 3.97. The van der Waals surface area contributed by atoms with E-state index >= 15 is 0 Å². The van der Waals surface area contributed by atoms with Crippen LogP contribution < -0.4 is 15.4 Å². The zero-order chi connectivity index (χ0) is 20.4. The highest BCUT2D eigenvalue weighted by Gasteiger charge is 2.32. The zero-order valence-corrected chi connectivity index (χ0v) is 17.8. The summed E-state index contributed by atoms with van der Waals surface area (Å²) >= 11 is 5.38. The van der Waals surface area contributed by atoms with Gasteiger partial charge in [-0.25, -0.2) is 0 Å². The Hall–Kier alpha value is -2.60. The molecule has 0 saturated heterocycles. The van der Waals surface area contributed by atoms with Crippen molar-refractivity contribution in [2.24, 2.45) is 5.92 Å². The number of benzene rings is 2. The minimum atomic E-state index is -0.326. The highest BCUT2D eigenvalue weighted by Crippen LogP contribution is 2.36. The van der Waals surface area contributed by atoms with E-state index in [-0.39, 0.29) is 11.9 Å². The van der Waals surface area contributed by atoms with Crippen LogP contribution in [0.2, 0.25) is 0 Å². The summed E-state index contributed by atoms with van der Waals surface area (Å²) < 4.78 is 6.03. The van der Waals surface area contributed by atoms with Crippen molar-refractivity contribution < 1.29 is 9.53 Å². The Morgan fingerprint density at radius 2 is 1.86 bits per heavy atom. The van der Waals surface area contributed by atoms with E-state index in [1.807, 2.05) is 31.2 Å². The van der Waals surface area contributed by atoms with E-state index < -0.39 is 0 Å². The molecule has 3 rings (SSSR count). The van der Waals surface area contributed by atoms with Crippen molar-refractivity contribution in [2.45, 2.75) is 26.8 Å². The molecule has 2 aromatic rings. The van der Waals surface area contributed by atoms with E-state index in [4.69, 9.17) is 17.0 Å². The van der Waals surface area contributed by atoms with Gasteiger partial charge >= 0.3 is 0 Å². The van der Waals surface area contributed by atoms with Crippen molar-refractivity contribution in [1.29, 1.82) is 0 Å². The normalized spacial score (nSPS) is 16.8. The molecule has 1 heterocycles. The minimum Gasteiger partial charge on any atom is -0.493 e.